The smallest absolute Gasteiger partial charge is 0.231 e. The van der Waals surface area contributed by atoms with Gasteiger partial charge in [0.2, 0.25) is 6.79 Å². The van der Waals surface area contributed by atoms with Crippen LogP contribution in [0.25, 0.3) is 0 Å². The summed E-state index contributed by atoms with van der Waals surface area (Å²) in [4.78, 5) is 9.01. The Morgan fingerprint density at radius 2 is 1.73 bits per heavy atom. The summed E-state index contributed by atoms with van der Waals surface area (Å²) in [6, 6.07) is 9.26. The highest BCUT2D eigenvalue weighted by Crippen LogP contribution is 2.34. The number of methoxy groups -OCH3 is 1. The number of aliphatic hydroxyl groups is 2. The number of fused-ring (bicyclic) bond motifs is 1. The first-order valence-electron chi connectivity index (χ1n) is 8.16. The summed E-state index contributed by atoms with van der Waals surface area (Å²) < 4.78 is 16.2. The molecule has 26 heavy (non-hydrogen) atoms. The Morgan fingerprint density at radius 1 is 0.962 bits per heavy atom. The van der Waals surface area contributed by atoms with Gasteiger partial charge in [-0.25, -0.2) is 0 Å². The van der Waals surface area contributed by atoms with Crippen molar-refractivity contribution >= 4 is 11.4 Å². The lowest BCUT2D eigenvalue weighted by molar-refractivity contribution is 0.174. The summed E-state index contributed by atoms with van der Waals surface area (Å²) in [6.45, 7) is 0.127. The van der Waals surface area contributed by atoms with E-state index < -0.39 is 0 Å². The van der Waals surface area contributed by atoms with Crippen LogP contribution in [0.2, 0.25) is 0 Å². The molecule has 0 saturated heterocycles. The number of hydrogen-bond acceptors (Lipinski definition) is 7. The average Bonchev–Trinajstić information content (AvgIpc) is 3.35. The maximum atomic E-state index is 9.66. The number of benzene rings is 2. The fraction of sp³-hybridized carbons (Fsp3) is 0.263. The van der Waals surface area contributed by atoms with Crippen molar-refractivity contribution in [2.24, 2.45) is 9.98 Å². The Morgan fingerprint density at radius 3 is 2.46 bits per heavy atom. The van der Waals surface area contributed by atoms with Gasteiger partial charge in [0, 0.05) is 16.7 Å². The van der Waals surface area contributed by atoms with Crippen LogP contribution in [0.1, 0.15) is 22.3 Å². The largest absolute Gasteiger partial charge is 0.496 e. The topological polar surface area (TPSA) is 92.9 Å². The molecular formula is C19H18N2O5. The third-order valence-corrected chi connectivity index (χ3v) is 4.45. The molecule has 0 unspecified atom stereocenters. The van der Waals surface area contributed by atoms with Crippen LogP contribution in [0.5, 0.6) is 17.2 Å². The van der Waals surface area contributed by atoms with Crippen LogP contribution < -0.4 is 14.2 Å². The predicted octanol–water partition coefficient (Wildman–Crippen LogP) is 1.66. The Bertz CT molecular complexity index is 895. The maximum Gasteiger partial charge on any atom is 0.231 e. The van der Waals surface area contributed by atoms with Crippen molar-refractivity contribution in [2.45, 2.75) is 13.2 Å². The quantitative estimate of drug-likeness (QED) is 0.852. The van der Waals surface area contributed by atoms with E-state index in [1.165, 1.54) is 7.11 Å². The molecule has 2 aliphatic rings. The molecule has 0 saturated carbocycles. The molecule has 134 valence electrons. The average molecular weight is 354 g/mol. The number of aliphatic imine (C=N–C) groups is 2. The first-order chi connectivity index (χ1) is 12.7. The van der Waals surface area contributed by atoms with Gasteiger partial charge in [-0.1, -0.05) is 0 Å². The van der Waals surface area contributed by atoms with Crippen molar-refractivity contribution in [3.8, 4) is 17.2 Å². The lowest BCUT2D eigenvalue weighted by Gasteiger charge is -2.14. The highest BCUT2D eigenvalue weighted by Gasteiger charge is 2.23. The van der Waals surface area contributed by atoms with E-state index in [9.17, 15) is 10.2 Å². The van der Waals surface area contributed by atoms with Crippen molar-refractivity contribution in [1.29, 1.82) is 0 Å². The number of aliphatic hydroxyl groups excluding tert-OH is 2. The van der Waals surface area contributed by atoms with Crippen molar-refractivity contribution in [1.82, 2.24) is 0 Å². The second kappa shape index (κ2) is 6.78. The summed E-state index contributed by atoms with van der Waals surface area (Å²) in [5, 5.41) is 19.2. The van der Waals surface area contributed by atoms with Gasteiger partial charge in [-0.05, 0) is 35.9 Å². The van der Waals surface area contributed by atoms with Crippen molar-refractivity contribution in [2.75, 3.05) is 20.6 Å². The molecule has 2 aliphatic heterocycles. The van der Waals surface area contributed by atoms with Crippen LogP contribution >= 0.6 is 0 Å². The second-order valence-electron chi connectivity index (χ2n) is 5.86. The number of hydrogen-bond donors (Lipinski definition) is 2. The minimum absolute atomic E-state index is 0.204. The molecule has 0 atom stereocenters. The molecule has 0 amide bonds. The zero-order chi connectivity index (χ0) is 18.1. The monoisotopic (exact) mass is 354 g/mol. The summed E-state index contributed by atoms with van der Waals surface area (Å²) in [5.74, 6) is 1.90. The summed E-state index contributed by atoms with van der Waals surface area (Å²) in [5.41, 5.74) is 4.27. The Labute approximate surface area is 150 Å². The van der Waals surface area contributed by atoms with Gasteiger partial charge in [0.05, 0.1) is 31.7 Å². The highest BCUT2D eigenvalue weighted by atomic mass is 16.7. The molecule has 4 rings (SSSR count). The summed E-state index contributed by atoms with van der Waals surface area (Å²) in [6.07, 6.45) is 0. The summed E-state index contributed by atoms with van der Waals surface area (Å²) >= 11 is 0. The molecule has 7 nitrogen and oxygen atoms in total. The fourth-order valence-electron chi connectivity index (χ4n) is 3.17. The zero-order valence-corrected chi connectivity index (χ0v) is 14.2. The van der Waals surface area contributed by atoms with Crippen LogP contribution in [0.3, 0.4) is 0 Å². The number of rotatable bonds is 5. The first-order valence-corrected chi connectivity index (χ1v) is 8.16. The van der Waals surface area contributed by atoms with Crippen LogP contribution in [0, 0.1) is 0 Å². The van der Waals surface area contributed by atoms with Gasteiger partial charge in [-0.15, -0.1) is 0 Å². The molecule has 2 aromatic rings. The molecule has 0 aliphatic carbocycles. The third-order valence-electron chi connectivity index (χ3n) is 4.45. The van der Waals surface area contributed by atoms with E-state index in [1.54, 1.807) is 12.1 Å². The van der Waals surface area contributed by atoms with Gasteiger partial charge < -0.3 is 24.4 Å². The Kier molecular flexibility index (Phi) is 4.32. The van der Waals surface area contributed by atoms with Crippen molar-refractivity contribution < 1.29 is 24.4 Å². The predicted molar refractivity (Wildman–Crippen MR) is 95.3 cm³/mol. The van der Waals surface area contributed by atoms with Gasteiger partial charge in [0.25, 0.3) is 0 Å². The van der Waals surface area contributed by atoms with Crippen LogP contribution in [-0.2, 0) is 13.2 Å². The van der Waals surface area contributed by atoms with E-state index in [-0.39, 0.29) is 20.0 Å². The maximum absolute atomic E-state index is 9.66. The van der Waals surface area contributed by atoms with Crippen molar-refractivity contribution in [3.05, 3.63) is 52.6 Å². The molecular weight excluding hydrogens is 336 g/mol. The lowest BCUT2D eigenvalue weighted by Crippen LogP contribution is -2.15. The number of nitrogens with zero attached hydrogens (tertiary/aromatic N) is 2. The molecule has 0 bridgehead atoms. The lowest BCUT2D eigenvalue weighted by atomic mass is 9.95. The first kappa shape index (κ1) is 16.6. The van der Waals surface area contributed by atoms with Crippen molar-refractivity contribution in [3.63, 3.8) is 0 Å². The minimum Gasteiger partial charge on any atom is -0.496 e. The van der Waals surface area contributed by atoms with Gasteiger partial charge in [-0.2, -0.15) is 0 Å². The van der Waals surface area contributed by atoms with Crippen LogP contribution in [0.4, 0.5) is 0 Å². The van der Waals surface area contributed by atoms with E-state index >= 15 is 0 Å². The normalized spacial score (nSPS) is 15.0. The highest BCUT2D eigenvalue weighted by molar-refractivity contribution is 6.54. The minimum atomic E-state index is -0.213. The molecule has 2 aromatic carbocycles. The van der Waals surface area contributed by atoms with E-state index in [1.807, 2.05) is 18.2 Å². The fourth-order valence-corrected chi connectivity index (χ4v) is 3.17. The molecule has 7 heteroatoms. The molecule has 2 N–H and O–H groups in total. The number of ether oxygens (including phenoxy) is 3. The van der Waals surface area contributed by atoms with E-state index in [0.717, 1.165) is 16.8 Å². The molecule has 2 heterocycles. The van der Waals surface area contributed by atoms with Crippen LogP contribution in [0.15, 0.2) is 40.3 Å². The van der Waals surface area contributed by atoms with E-state index in [4.69, 9.17) is 14.2 Å². The molecule has 0 radical (unpaired) electrons. The summed E-state index contributed by atoms with van der Waals surface area (Å²) in [7, 11) is 1.53. The molecule has 0 fully saturated rings. The van der Waals surface area contributed by atoms with Crippen LogP contribution in [-0.4, -0.2) is 42.2 Å². The SMILES string of the molecule is COc1cc(C2=NCN=C2c2ccc3c(c2)OCO3)cc(CO)c1CO. The van der Waals surface area contributed by atoms with Gasteiger partial charge >= 0.3 is 0 Å². The van der Waals surface area contributed by atoms with Gasteiger partial charge in [0.1, 0.15) is 12.4 Å². The second-order valence-corrected chi connectivity index (χ2v) is 5.86. The van der Waals surface area contributed by atoms with E-state index in [2.05, 4.69) is 9.98 Å². The molecule has 0 aromatic heterocycles. The van der Waals surface area contributed by atoms with Gasteiger partial charge in [-0.3, -0.25) is 9.98 Å². The molecule has 0 spiro atoms. The van der Waals surface area contributed by atoms with E-state index in [0.29, 0.717) is 40.8 Å². The van der Waals surface area contributed by atoms with Gasteiger partial charge in [0.15, 0.2) is 11.5 Å². The standard InChI is InChI=1S/C19H18N2O5/c1-24-16-6-12(4-13(7-22)14(16)8-23)19-18(20-9-21-19)11-2-3-15-17(5-11)26-10-25-15/h2-6,22-23H,7-10H2,1H3. The Hall–Kier alpha value is -2.90. The third kappa shape index (κ3) is 2.71. The zero-order valence-electron chi connectivity index (χ0n) is 14.2. The Balaban J connectivity index is 1.75.